The molecule has 3 aromatic carbocycles. The van der Waals surface area contributed by atoms with E-state index >= 15 is 4.39 Å². The van der Waals surface area contributed by atoms with Crippen molar-refractivity contribution in [2.45, 2.75) is 38.7 Å². The van der Waals surface area contributed by atoms with Crippen LogP contribution < -0.4 is 9.47 Å². The van der Waals surface area contributed by atoms with Crippen molar-refractivity contribution in [3.63, 3.8) is 0 Å². The summed E-state index contributed by atoms with van der Waals surface area (Å²) in [5, 5.41) is 12.2. The first-order chi connectivity index (χ1) is 15.9. The maximum Gasteiger partial charge on any atom is 0.573 e. The van der Waals surface area contributed by atoms with Crippen LogP contribution in [0.1, 0.15) is 30.9 Å². The Bertz CT molecular complexity index is 1130. The van der Waals surface area contributed by atoms with Crippen molar-refractivity contribution < 1.29 is 45.3 Å². The molecule has 0 spiro atoms. The van der Waals surface area contributed by atoms with E-state index in [1.54, 1.807) is 12.1 Å². The van der Waals surface area contributed by atoms with E-state index in [1.165, 1.54) is 12.1 Å². The topological polar surface area (TPSA) is 38.4 Å². The van der Waals surface area contributed by atoms with Crippen LogP contribution in [0.2, 0.25) is 0 Å². The van der Waals surface area contributed by atoms with Crippen LogP contribution in [0.15, 0.2) is 54.6 Å². The first-order valence-corrected chi connectivity index (χ1v) is 10.1. The zero-order valence-electron chi connectivity index (χ0n) is 17.7. The lowest BCUT2D eigenvalue weighted by Crippen LogP contribution is -2.25. The zero-order chi connectivity index (χ0) is 25.1. The molecule has 0 aromatic heterocycles. The smallest absolute Gasteiger partial charge is 0.429 e. The van der Waals surface area contributed by atoms with Crippen LogP contribution in [-0.4, -0.2) is 6.36 Å². The van der Waals surface area contributed by atoms with Crippen LogP contribution >= 0.6 is 0 Å². The fourth-order valence-electron chi connectivity index (χ4n) is 3.26. The van der Waals surface area contributed by atoms with Gasteiger partial charge < -0.3 is 9.47 Å². The van der Waals surface area contributed by atoms with Crippen molar-refractivity contribution in [1.29, 1.82) is 0 Å². The number of hydrogen-bond acceptors (Lipinski definition) is 2. The number of unbranched alkanes of at least 4 members (excludes halogenated alkanes) is 1. The molecule has 0 saturated carbocycles. The molecule has 0 aliphatic rings. The van der Waals surface area contributed by atoms with E-state index in [1.807, 2.05) is 6.92 Å². The van der Waals surface area contributed by atoms with Gasteiger partial charge in [-0.2, -0.15) is 8.78 Å². The molecule has 0 fully saturated rings. The van der Waals surface area contributed by atoms with Crippen molar-refractivity contribution in [2.24, 2.45) is 0 Å². The maximum absolute atomic E-state index is 15.1. The SMILES string of the molecule is CCCCc1ccc(-c2c([O])cc(F)c(C(F)(F)Oc3ccc(OC(F)(F)F)cc3)c2F)cc1. The lowest BCUT2D eigenvalue weighted by molar-refractivity contribution is -0.274. The monoisotopic (exact) mass is 487 g/mol. The van der Waals surface area contributed by atoms with Crippen LogP contribution in [0.5, 0.6) is 17.2 Å². The average molecular weight is 487 g/mol. The fourth-order valence-corrected chi connectivity index (χ4v) is 3.26. The third-order valence-corrected chi connectivity index (χ3v) is 4.84. The molecule has 0 N–H and O–H groups in total. The Labute approximate surface area is 190 Å². The summed E-state index contributed by atoms with van der Waals surface area (Å²) in [4.78, 5) is 0. The molecule has 3 rings (SSSR count). The minimum Gasteiger partial charge on any atom is -0.429 e. The first kappa shape index (κ1) is 25.2. The van der Waals surface area contributed by atoms with E-state index in [0.717, 1.165) is 24.8 Å². The van der Waals surface area contributed by atoms with Crippen LogP contribution in [0.25, 0.3) is 11.1 Å². The summed E-state index contributed by atoms with van der Waals surface area (Å²) in [7, 11) is 0. The second-order valence-corrected chi connectivity index (χ2v) is 7.36. The Kier molecular flexibility index (Phi) is 7.28. The van der Waals surface area contributed by atoms with Gasteiger partial charge in [0.15, 0.2) is 11.6 Å². The van der Waals surface area contributed by atoms with Gasteiger partial charge in [0.2, 0.25) is 0 Å². The molecule has 10 heteroatoms. The molecule has 0 aliphatic carbocycles. The maximum atomic E-state index is 15.1. The normalized spacial score (nSPS) is 12.0. The number of rotatable bonds is 8. The van der Waals surface area contributed by atoms with Crippen molar-refractivity contribution >= 4 is 0 Å². The van der Waals surface area contributed by atoms with E-state index < -0.39 is 52.5 Å². The third kappa shape index (κ3) is 5.92. The van der Waals surface area contributed by atoms with Crippen LogP contribution in [0.3, 0.4) is 0 Å². The molecular formula is C24H18F7O3. The number of hydrogen-bond donors (Lipinski definition) is 0. The predicted octanol–water partition coefficient (Wildman–Crippen LogP) is 8.15. The van der Waals surface area contributed by atoms with Gasteiger partial charge in [0.25, 0.3) is 0 Å². The molecule has 0 unspecified atom stereocenters. The number of ether oxygens (including phenoxy) is 2. The molecular weight excluding hydrogens is 469 g/mol. The van der Waals surface area contributed by atoms with Crippen molar-refractivity contribution in [2.75, 3.05) is 0 Å². The van der Waals surface area contributed by atoms with Gasteiger partial charge in [-0.1, -0.05) is 37.6 Å². The third-order valence-electron chi connectivity index (χ3n) is 4.84. The fraction of sp³-hybridized carbons (Fsp3) is 0.250. The molecule has 0 bridgehead atoms. The van der Waals surface area contributed by atoms with Gasteiger partial charge in [-0.15, -0.1) is 13.2 Å². The summed E-state index contributed by atoms with van der Waals surface area (Å²) in [6.07, 6.45) is -7.02. The lowest BCUT2D eigenvalue weighted by Gasteiger charge is -2.21. The Morgan fingerprint density at radius 2 is 1.38 bits per heavy atom. The number of alkyl halides is 5. The molecule has 34 heavy (non-hydrogen) atoms. The average Bonchev–Trinajstić information content (AvgIpc) is 2.72. The minimum atomic E-state index is -5.00. The van der Waals surface area contributed by atoms with Crippen LogP contribution in [0, 0.1) is 11.6 Å². The highest BCUT2D eigenvalue weighted by Crippen LogP contribution is 2.42. The largest absolute Gasteiger partial charge is 0.573 e. The number of halogens is 7. The summed E-state index contributed by atoms with van der Waals surface area (Å²) in [6.45, 7) is 2.00. The Morgan fingerprint density at radius 1 is 0.824 bits per heavy atom. The minimum absolute atomic E-state index is 0.0200. The highest BCUT2D eigenvalue weighted by Gasteiger charge is 2.43. The Balaban J connectivity index is 1.92. The molecule has 0 atom stereocenters. The summed E-state index contributed by atoms with van der Waals surface area (Å²) in [5.74, 6) is -6.15. The summed E-state index contributed by atoms with van der Waals surface area (Å²) < 4.78 is 104. The lowest BCUT2D eigenvalue weighted by atomic mass is 9.97. The first-order valence-electron chi connectivity index (χ1n) is 10.1. The van der Waals surface area contributed by atoms with E-state index in [4.69, 9.17) is 0 Å². The van der Waals surface area contributed by atoms with E-state index in [9.17, 15) is 31.4 Å². The van der Waals surface area contributed by atoms with Gasteiger partial charge in [-0.05, 0) is 48.2 Å². The van der Waals surface area contributed by atoms with Gasteiger partial charge in [0.1, 0.15) is 22.9 Å². The Morgan fingerprint density at radius 3 is 1.91 bits per heavy atom. The molecule has 0 saturated heterocycles. The van der Waals surface area contributed by atoms with Gasteiger partial charge in [-0.3, -0.25) is 5.11 Å². The van der Waals surface area contributed by atoms with E-state index in [-0.39, 0.29) is 11.6 Å². The molecule has 3 nitrogen and oxygen atoms in total. The van der Waals surface area contributed by atoms with Crippen molar-refractivity contribution in [3.8, 4) is 28.4 Å². The second-order valence-electron chi connectivity index (χ2n) is 7.36. The van der Waals surface area contributed by atoms with Crippen LogP contribution in [0.4, 0.5) is 30.7 Å². The Hall–Kier alpha value is -3.43. The van der Waals surface area contributed by atoms with E-state index in [2.05, 4.69) is 9.47 Å². The molecule has 0 heterocycles. The quantitative estimate of drug-likeness (QED) is 0.301. The molecule has 0 amide bonds. The molecule has 181 valence electrons. The standard InChI is InChI=1S/C24H18F7O3/c1-2-3-4-14-5-7-15(8-6-14)20-19(32)13-18(25)21(22(20)26)23(27,28)33-16-9-11-17(12-10-16)34-24(29,30)31/h5-13H,2-4H2,1H3. The van der Waals surface area contributed by atoms with Crippen molar-refractivity contribution in [1.82, 2.24) is 0 Å². The highest BCUT2D eigenvalue weighted by atomic mass is 19.4. The van der Waals surface area contributed by atoms with E-state index in [0.29, 0.717) is 24.3 Å². The van der Waals surface area contributed by atoms with Gasteiger partial charge >= 0.3 is 12.5 Å². The summed E-state index contributed by atoms with van der Waals surface area (Å²) in [6, 6.07) is 9.03. The zero-order valence-corrected chi connectivity index (χ0v) is 17.7. The molecule has 1 radical (unpaired) electrons. The van der Waals surface area contributed by atoms with Gasteiger partial charge in [0, 0.05) is 6.07 Å². The highest BCUT2D eigenvalue weighted by molar-refractivity contribution is 5.72. The summed E-state index contributed by atoms with van der Waals surface area (Å²) in [5.41, 5.74) is -1.68. The molecule has 3 aromatic rings. The van der Waals surface area contributed by atoms with Crippen LogP contribution in [-0.2, 0) is 17.6 Å². The molecule has 0 aliphatic heterocycles. The number of aryl methyl sites for hydroxylation is 1. The summed E-state index contributed by atoms with van der Waals surface area (Å²) >= 11 is 0. The second kappa shape index (κ2) is 9.82. The predicted molar refractivity (Wildman–Crippen MR) is 108 cm³/mol. The van der Waals surface area contributed by atoms with Gasteiger partial charge in [0.05, 0.1) is 5.56 Å². The number of benzene rings is 3. The van der Waals surface area contributed by atoms with Gasteiger partial charge in [-0.25, -0.2) is 8.78 Å². The van der Waals surface area contributed by atoms with Crippen molar-refractivity contribution in [3.05, 3.63) is 77.4 Å².